The number of β-amino-alcohol motifs (C(OH)–C–C–N with tert-alkyl or cyclic N) is 1. The van der Waals surface area contributed by atoms with Gasteiger partial charge in [0.05, 0.1) is 36.3 Å². The Bertz CT molecular complexity index is 737. The van der Waals surface area contributed by atoms with Gasteiger partial charge in [0.15, 0.2) is 0 Å². The zero-order chi connectivity index (χ0) is 16.6. The van der Waals surface area contributed by atoms with Crippen molar-refractivity contribution in [1.29, 1.82) is 0 Å². The van der Waals surface area contributed by atoms with Crippen molar-refractivity contribution < 1.29 is 14.3 Å². The van der Waals surface area contributed by atoms with E-state index in [2.05, 4.69) is 10.4 Å². The van der Waals surface area contributed by atoms with E-state index in [4.69, 9.17) is 0 Å². The maximum Gasteiger partial charge on any atom is 0.322 e. The minimum atomic E-state index is -0.774. The minimum Gasteiger partial charge on any atom is -0.386 e. The number of likely N-dealkylation sites (tertiary alicyclic amines) is 1. The lowest BCUT2D eigenvalue weighted by atomic mass is 9.92. The number of aromatic nitrogens is 2. The second kappa shape index (κ2) is 5.66. The third-order valence-electron chi connectivity index (χ3n) is 4.25. The van der Waals surface area contributed by atoms with E-state index in [1.807, 2.05) is 6.92 Å². The summed E-state index contributed by atoms with van der Waals surface area (Å²) >= 11 is 0. The summed E-state index contributed by atoms with van der Waals surface area (Å²) in [7, 11) is 0. The Morgan fingerprint density at radius 2 is 2.13 bits per heavy atom. The van der Waals surface area contributed by atoms with Crippen LogP contribution in [0.3, 0.4) is 0 Å². The van der Waals surface area contributed by atoms with Crippen molar-refractivity contribution in [3.05, 3.63) is 42.0 Å². The van der Waals surface area contributed by atoms with Crippen LogP contribution >= 0.6 is 0 Å². The molecule has 1 fully saturated rings. The highest BCUT2D eigenvalue weighted by molar-refractivity contribution is 5.90. The molecule has 3 rings (SSSR count). The molecule has 0 aliphatic carbocycles. The van der Waals surface area contributed by atoms with Gasteiger partial charge in [-0.2, -0.15) is 5.10 Å². The molecule has 0 saturated carbocycles. The minimum absolute atomic E-state index is 0.292. The molecule has 1 aromatic heterocycles. The maximum atomic E-state index is 13.9. The number of hydrogen-bond donors (Lipinski definition) is 2. The van der Waals surface area contributed by atoms with Crippen molar-refractivity contribution in [2.45, 2.75) is 25.9 Å². The number of urea groups is 1. The first-order valence-electron chi connectivity index (χ1n) is 7.51. The molecule has 2 amide bonds. The molecule has 1 saturated heterocycles. The van der Waals surface area contributed by atoms with Gasteiger partial charge >= 0.3 is 6.03 Å². The molecule has 2 heterocycles. The molecule has 1 aliphatic heterocycles. The third kappa shape index (κ3) is 2.79. The van der Waals surface area contributed by atoms with Gasteiger partial charge in [0, 0.05) is 0 Å². The largest absolute Gasteiger partial charge is 0.386 e. The molecule has 2 aromatic rings. The van der Waals surface area contributed by atoms with Crippen molar-refractivity contribution in [1.82, 2.24) is 14.7 Å². The number of amides is 2. The highest BCUT2D eigenvalue weighted by Crippen LogP contribution is 2.26. The van der Waals surface area contributed by atoms with Crippen LogP contribution in [0.15, 0.2) is 30.5 Å². The lowest BCUT2D eigenvalue weighted by Crippen LogP contribution is -2.63. The van der Waals surface area contributed by atoms with E-state index in [-0.39, 0.29) is 11.8 Å². The van der Waals surface area contributed by atoms with E-state index >= 15 is 0 Å². The number of halogens is 1. The summed E-state index contributed by atoms with van der Waals surface area (Å²) in [5.74, 6) is -0.382. The number of carbonyl (C=O) groups is 1. The molecule has 23 heavy (non-hydrogen) atoms. The average Bonchev–Trinajstić information content (AvgIpc) is 2.85. The van der Waals surface area contributed by atoms with Crippen molar-refractivity contribution >= 4 is 11.7 Å². The highest BCUT2D eigenvalue weighted by atomic mass is 19.1. The fourth-order valence-corrected chi connectivity index (χ4v) is 2.62. The van der Waals surface area contributed by atoms with E-state index in [9.17, 15) is 14.3 Å². The summed E-state index contributed by atoms with van der Waals surface area (Å²) < 4.78 is 15.3. The number of nitrogens with zero attached hydrogens (tertiary/aromatic N) is 3. The van der Waals surface area contributed by atoms with Gasteiger partial charge in [-0.15, -0.1) is 0 Å². The topological polar surface area (TPSA) is 70.4 Å². The molecule has 2 N–H and O–H groups in total. The molecule has 122 valence electrons. The fraction of sp³-hybridized carbons (Fsp3) is 0.375. The lowest BCUT2D eigenvalue weighted by molar-refractivity contribution is -0.0755. The third-order valence-corrected chi connectivity index (χ3v) is 4.25. The van der Waals surface area contributed by atoms with Gasteiger partial charge in [0.1, 0.15) is 11.5 Å². The van der Waals surface area contributed by atoms with Gasteiger partial charge in [-0.3, -0.25) is 0 Å². The molecule has 7 heteroatoms. The molecule has 0 unspecified atom stereocenters. The van der Waals surface area contributed by atoms with E-state index in [1.54, 1.807) is 25.1 Å². The van der Waals surface area contributed by atoms with Crippen LogP contribution in [0.1, 0.15) is 19.0 Å². The first kappa shape index (κ1) is 15.5. The first-order valence-corrected chi connectivity index (χ1v) is 7.51. The van der Waals surface area contributed by atoms with Crippen molar-refractivity contribution in [2.75, 3.05) is 18.4 Å². The molecule has 0 spiro atoms. The Morgan fingerprint density at radius 1 is 1.43 bits per heavy atom. The zero-order valence-electron chi connectivity index (χ0n) is 13.1. The summed E-state index contributed by atoms with van der Waals surface area (Å²) in [6.45, 7) is 4.27. The Kier molecular flexibility index (Phi) is 3.81. The summed E-state index contributed by atoms with van der Waals surface area (Å²) in [5.41, 5.74) is 0.707. The smallest absolute Gasteiger partial charge is 0.322 e. The van der Waals surface area contributed by atoms with Crippen LogP contribution in [-0.2, 0) is 0 Å². The van der Waals surface area contributed by atoms with Crippen LogP contribution in [0, 0.1) is 12.7 Å². The predicted molar refractivity (Wildman–Crippen MR) is 84.1 cm³/mol. The van der Waals surface area contributed by atoms with E-state index in [0.717, 1.165) is 0 Å². The number of benzene rings is 1. The Morgan fingerprint density at radius 3 is 2.78 bits per heavy atom. The SMILES string of the molecule is CCC1(O)CN(C(=O)Nc2cnn(-c3ccccc3F)c2C)C1. The zero-order valence-corrected chi connectivity index (χ0v) is 13.1. The van der Waals surface area contributed by atoms with Crippen LogP contribution in [-0.4, -0.2) is 44.5 Å². The average molecular weight is 318 g/mol. The number of anilines is 1. The van der Waals surface area contributed by atoms with Crippen molar-refractivity contribution in [2.24, 2.45) is 0 Å². The number of aliphatic hydroxyl groups is 1. The molecular formula is C16H19FN4O2. The first-order chi connectivity index (χ1) is 10.9. The second-order valence-corrected chi connectivity index (χ2v) is 5.87. The van der Waals surface area contributed by atoms with Crippen LogP contribution in [0.5, 0.6) is 0 Å². The van der Waals surface area contributed by atoms with E-state index < -0.39 is 5.60 Å². The van der Waals surface area contributed by atoms with Gasteiger partial charge in [-0.05, 0) is 25.5 Å². The Hall–Kier alpha value is -2.41. The van der Waals surface area contributed by atoms with Gasteiger partial charge < -0.3 is 15.3 Å². The monoisotopic (exact) mass is 318 g/mol. The van der Waals surface area contributed by atoms with Gasteiger partial charge in [-0.1, -0.05) is 19.1 Å². The summed E-state index contributed by atoms with van der Waals surface area (Å²) in [6.07, 6.45) is 2.10. The number of rotatable bonds is 3. The molecule has 0 atom stereocenters. The molecule has 0 bridgehead atoms. The normalized spacial score (nSPS) is 16.1. The summed E-state index contributed by atoms with van der Waals surface area (Å²) in [6, 6.07) is 6.03. The maximum absolute atomic E-state index is 13.9. The predicted octanol–water partition coefficient (Wildman–Crippen LogP) is 2.31. The standard InChI is InChI=1S/C16H19FN4O2/c1-3-16(23)9-20(10-16)15(22)19-13-8-18-21(11(13)2)14-7-5-4-6-12(14)17/h4-8,23H,3,9-10H2,1-2H3,(H,19,22). The second-order valence-electron chi connectivity index (χ2n) is 5.87. The molecule has 1 aliphatic rings. The van der Waals surface area contributed by atoms with Crippen LogP contribution in [0.4, 0.5) is 14.9 Å². The van der Waals surface area contributed by atoms with E-state index in [0.29, 0.717) is 36.6 Å². The number of carbonyl (C=O) groups excluding carboxylic acids is 1. The quantitative estimate of drug-likeness (QED) is 0.912. The van der Waals surface area contributed by atoms with E-state index in [1.165, 1.54) is 21.8 Å². The number of nitrogens with one attached hydrogen (secondary N) is 1. The molecule has 0 radical (unpaired) electrons. The lowest BCUT2D eigenvalue weighted by Gasteiger charge is -2.45. The molecule has 6 nitrogen and oxygen atoms in total. The van der Waals surface area contributed by atoms with Crippen molar-refractivity contribution in [3.8, 4) is 5.69 Å². The number of hydrogen-bond acceptors (Lipinski definition) is 3. The summed E-state index contributed by atoms with van der Waals surface area (Å²) in [4.78, 5) is 13.7. The molecule has 1 aromatic carbocycles. The van der Waals surface area contributed by atoms with Crippen molar-refractivity contribution in [3.63, 3.8) is 0 Å². The highest BCUT2D eigenvalue weighted by Gasteiger charge is 2.42. The fourth-order valence-electron chi connectivity index (χ4n) is 2.62. The van der Waals surface area contributed by atoms with Crippen LogP contribution < -0.4 is 5.32 Å². The Balaban J connectivity index is 1.74. The van der Waals surface area contributed by atoms with Crippen LogP contribution in [0.2, 0.25) is 0 Å². The molecular weight excluding hydrogens is 299 g/mol. The Labute approximate surface area is 133 Å². The van der Waals surface area contributed by atoms with Gasteiger partial charge in [0.25, 0.3) is 0 Å². The van der Waals surface area contributed by atoms with Crippen LogP contribution in [0.25, 0.3) is 5.69 Å². The van der Waals surface area contributed by atoms with Gasteiger partial charge in [0.2, 0.25) is 0 Å². The summed E-state index contributed by atoms with van der Waals surface area (Å²) in [5, 5.41) is 16.9. The van der Waals surface area contributed by atoms with Gasteiger partial charge in [-0.25, -0.2) is 13.9 Å². The number of para-hydroxylation sites is 1.